The van der Waals surface area contributed by atoms with Gasteiger partial charge in [0, 0.05) is 18.7 Å². The lowest BCUT2D eigenvalue weighted by Gasteiger charge is -2.23. The van der Waals surface area contributed by atoms with E-state index >= 15 is 0 Å². The van der Waals surface area contributed by atoms with Gasteiger partial charge in [0.2, 0.25) is 5.91 Å². The third-order valence-electron chi connectivity index (χ3n) is 4.34. The molecule has 0 aromatic heterocycles. The number of hydrogen-bond acceptors (Lipinski definition) is 4. The third kappa shape index (κ3) is 6.58. The number of carbonyl (C=O) groups excluding carboxylic acids is 1. The van der Waals surface area contributed by atoms with E-state index in [4.69, 9.17) is 9.47 Å². The SMILES string of the molecule is CCCCN1CC(=O)NCCCCCOc2c(cccc2OCC)C1. The molecule has 1 N–H and O–H groups in total. The highest BCUT2D eigenvalue weighted by Gasteiger charge is 2.17. The van der Waals surface area contributed by atoms with Crippen molar-refractivity contribution in [2.45, 2.75) is 52.5 Å². The van der Waals surface area contributed by atoms with E-state index in [2.05, 4.69) is 23.2 Å². The van der Waals surface area contributed by atoms with Crippen molar-refractivity contribution in [1.29, 1.82) is 0 Å². The maximum absolute atomic E-state index is 12.2. The zero-order valence-electron chi connectivity index (χ0n) is 15.7. The van der Waals surface area contributed by atoms with E-state index in [9.17, 15) is 4.79 Å². The second-order valence-electron chi connectivity index (χ2n) is 6.50. The van der Waals surface area contributed by atoms with Crippen molar-refractivity contribution in [3.8, 4) is 11.5 Å². The molecule has 1 aliphatic rings. The van der Waals surface area contributed by atoms with Crippen molar-refractivity contribution in [1.82, 2.24) is 10.2 Å². The number of amides is 1. The Labute approximate surface area is 151 Å². The van der Waals surface area contributed by atoms with Gasteiger partial charge in [-0.25, -0.2) is 0 Å². The lowest BCUT2D eigenvalue weighted by Crippen LogP contribution is -2.37. The molecule has 2 rings (SSSR count). The highest BCUT2D eigenvalue weighted by molar-refractivity contribution is 5.78. The summed E-state index contributed by atoms with van der Waals surface area (Å²) >= 11 is 0. The Balaban J connectivity index is 2.24. The lowest BCUT2D eigenvalue weighted by atomic mass is 10.1. The van der Waals surface area contributed by atoms with Gasteiger partial charge in [-0.2, -0.15) is 0 Å². The first kappa shape index (κ1) is 19.6. The summed E-state index contributed by atoms with van der Waals surface area (Å²) in [6.45, 7) is 8.23. The van der Waals surface area contributed by atoms with Crippen molar-refractivity contribution in [2.24, 2.45) is 0 Å². The van der Waals surface area contributed by atoms with Crippen LogP contribution in [0.4, 0.5) is 0 Å². The number of fused-ring (bicyclic) bond motifs is 1. The first-order chi connectivity index (χ1) is 12.2. The molecule has 0 saturated heterocycles. The van der Waals surface area contributed by atoms with E-state index in [1.807, 2.05) is 19.1 Å². The average molecular weight is 348 g/mol. The van der Waals surface area contributed by atoms with Crippen LogP contribution in [0.5, 0.6) is 11.5 Å². The molecule has 0 fully saturated rings. The summed E-state index contributed by atoms with van der Waals surface area (Å²) in [5, 5.41) is 3.04. The van der Waals surface area contributed by atoms with Crippen LogP contribution in [-0.2, 0) is 11.3 Å². The molecule has 0 aliphatic carbocycles. The predicted molar refractivity (Wildman–Crippen MR) is 100 cm³/mol. The van der Waals surface area contributed by atoms with Gasteiger partial charge in [0.15, 0.2) is 11.5 Å². The van der Waals surface area contributed by atoms with Crippen molar-refractivity contribution in [3.63, 3.8) is 0 Å². The van der Waals surface area contributed by atoms with E-state index < -0.39 is 0 Å². The van der Waals surface area contributed by atoms with Gasteiger partial charge in [-0.05, 0) is 45.2 Å². The molecule has 5 nitrogen and oxygen atoms in total. The monoisotopic (exact) mass is 348 g/mol. The van der Waals surface area contributed by atoms with E-state index in [1.165, 1.54) is 0 Å². The molecule has 25 heavy (non-hydrogen) atoms. The summed E-state index contributed by atoms with van der Waals surface area (Å²) in [7, 11) is 0. The van der Waals surface area contributed by atoms with Crippen LogP contribution in [0.1, 0.15) is 51.5 Å². The van der Waals surface area contributed by atoms with Gasteiger partial charge in [0.1, 0.15) is 0 Å². The number of nitrogens with one attached hydrogen (secondary N) is 1. The number of unbranched alkanes of at least 4 members (excludes halogenated alkanes) is 1. The fraction of sp³-hybridized carbons (Fsp3) is 0.650. The maximum Gasteiger partial charge on any atom is 0.234 e. The molecule has 1 amide bonds. The molecule has 0 radical (unpaired) electrons. The maximum atomic E-state index is 12.2. The number of carbonyl (C=O) groups is 1. The Morgan fingerprint density at radius 1 is 1.20 bits per heavy atom. The standard InChI is InChI=1S/C20H32N2O3/c1-3-5-13-22-15-17-10-9-11-18(24-4-2)20(17)25-14-8-6-7-12-21-19(23)16-22/h9-11H,3-8,12-16H2,1-2H3,(H,21,23). The van der Waals surface area contributed by atoms with Crippen LogP contribution in [0.25, 0.3) is 0 Å². The Morgan fingerprint density at radius 3 is 2.88 bits per heavy atom. The molecule has 0 unspecified atom stereocenters. The Morgan fingerprint density at radius 2 is 2.08 bits per heavy atom. The lowest BCUT2D eigenvalue weighted by molar-refractivity contribution is -0.122. The van der Waals surface area contributed by atoms with Crippen LogP contribution >= 0.6 is 0 Å². The molecular weight excluding hydrogens is 316 g/mol. The van der Waals surface area contributed by atoms with E-state index in [1.54, 1.807) is 0 Å². The van der Waals surface area contributed by atoms with Crippen molar-refractivity contribution >= 4 is 5.91 Å². The molecule has 1 aromatic carbocycles. The summed E-state index contributed by atoms with van der Waals surface area (Å²) in [6, 6.07) is 6.04. The summed E-state index contributed by atoms with van der Waals surface area (Å²) < 4.78 is 11.9. The summed E-state index contributed by atoms with van der Waals surface area (Å²) in [5.41, 5.74) is 1.09. The molecule has 5 heteroatoms. The minimum absolute atomic E-state index is 0.110. The normalized spacial score (nSPS) is 17.3. The largest absolute Gasteiger partial charge is 0.490 e. The molecule has 0 saturated carbocycles. The summed E-state index contributed by atoms with van der Waals surface area (Å²) in [5.74, 6) is 1.75. The highest BCUT2D eigenvalue weighted by Crippen LogP contribution is 2.32. The van der Waals surface area contributed by atoms with Crippen LogP contribution in [0.3, 0.4) is 0 Å². The number of rotatable bonds is 5. The second kappa shape index (κ2) is 11.0. The molecule has 1 heterocycles. The zero-order chi connectivity index (χ0) is 17.9. The van der Waals surface area contributed by atoms with E-state index in [0.29, 0.717) is 26.3 Å². The minimum atomic E-state index is 0.110. The predicted octanol–water partition coefficient (Wildman–Crippen LogP) is 3.37. The van der Waals surface area contributed by atoms with Gasteiger partial charge >= 0.3 is 0 Å². The molecule has 140 valence electrons. The van der Waals surface area contributed by atoms with Crippen LogP contribution in [-0.4, -0.2) is 43.7 Å². The smallest absolute Gasteiger partial charge is 0.234 e. The van der Waals surface area contributed by atoms with Gasteiger partial charge in [-0.15, -0.1) is 0 Å². The molecule has 0 atom stereocenters. The Hall–Kier alpha value is -1.75. The quantitative estimate of drug-likeness (QED) is 0.886. The highest BCUT2D eigenvalue weighted by atomic mass is 16.5. The number of hydrogen-bond donors (Lipinski definition) is 1. The number of nitrogens with zero attached hydrogens (tertiary/aromatic N) is 1. The van der Waals surface area contributed by atoms with Crippen molar-refractivity contribution in [2.75, 3.05) is 32.8 Å². The molecular formula is C20H32N2O3. The minimum Gasteiger partial charge on any atom is -0.490 e. The van der Waals surface area contributed by atoms with E-state index in [-0.39, 0.29) is 5.91 Å². The fourth-order valence-corrected chi connectivity index (χ4v) is 3.02. The van der Waals surface area contributed by atoms with Gasteiger partial charge < -0.3 is 14.8 Å². The number of benzene rings is 1. The molecule has 0 bridgehead atoms. The summed E-state index contributed by atoms with van der Waals surface area (Å²) in [4.78, 5) is 14.4. The third-order valence-corrected chi connectivity index (χ3v) is 4.34. The van der Waals surface area contributed by atoms with Crippen LogP contribution in [0.15, 0.2) is 18.2 Å². The van der Waals surface area contributed by atoms with Crippen molar-refractivity contribution in [3.05, 3.63) is 23.8 Å². The first-order valence-electron chi connectivity index (χ1n) is 9.61. The van der Waals surface area contributed by atoms with Gasteiger partial charge in [0.25, 0.3) is 0 Å². The Bertz CT molecular complexity index is 534. The summed E-state index contributed by atoms with van der Waals surface area (Å²) in [6.07, 6.45) is 5.21. The van der Waals surface area contributed by atoms with Gasteiger partial charge in [-0.3, -0.25) is 9.69 Å². The van der Waals surface area contributed by atoms with E-state index in [0.717, 1.165) is 62.3 Å². The molecule has 0 spiro atoms. The van der Waals surface area contributed by atoms with Gasteiger partial charge in [-0.1, -0.05) is 25.5 Å². The zero-order valence-corrected chi connectivity index (χ0v) is 15.7. The topological polar surface area (TPSA) is 50.8 Å². The van der Waals surface area contributed by atoms with Crippen LogP contribution < -0.4 is 14.8 Å². The number of ether oxygens (including phenoxy) is 2. The fourth-order valence-electron chi connectivity index (χ4n) is 3.02. The molecule has 1 aliphatic heterocycles. The average Bonchev–Trinajstić information content (AvgIpc) is 2.61. The second-order valence-corrected chi connectivity index (χ2v) is 6.50. The van der Waals surface area contributed by atoms with Crippen molar-refractivity contribution < 1.29 is 14.3 Å². The van der Waals surface area contributed by atoms with Crippen LogP contribution in [0.2, 0.25) is 0 Å². The van der Waals surface area contributed by atoms with Crippen LogP contribution in [0, 0.1) is 0 Å². The number of para-hydroxylation sites is 1. The Kier molecular flexibility index (Phi) is 8.60. The molecule has 1 aromatic rings. The first-order valence-corrected chi connectivity index (χ1v) is 9.61. The van der Waals surface area contributed by atoms with Gasteiger partial charge in [0.05, 0.1) is 19.8 Å².